The number of fused-ring (bicyclic) bond motifs is 1. The van der Waals surface area contributed by atoms with Gasteiger partial charge in [0.2, 0.25) is 0 Å². The molecule has 0 aromatic heterocycles. The first-order valence-corrected chi connectivity index (χ1v) is 7.51. The highest BCUT2D eigenvalue weighted by Crippen LogP contribution is 2.37. The van der Waals surface area contributed by atoms with Gasteiger partial charge in [0.25, 0.3) is 0 Å². The third kappa shape index (κ3) is 2.54. The molecule has 110 valence electrons. The number of halogens is 1. The van der Waals surface area contributed by atoms with Gasteiger partial charge in [-0.2, -0.15) is 0 Å². The van der Waals surface area contributed by atoms with Crippen molar-refractivity contribution in [2.45, 2.75) is 25.8 Å². The van der Waals surface area contributed by atoms with Crippen LogP contribution in [0, 0.1) is 5.41 Å². The Morgan fingerprint density at radius 1 is 1.30 bits per heavy atom. The molecular formula is C16H23ClN2O. The van der Waals surface area contributed by atoms with Gasteiger partial charge in [-0.1, -0.05) is 12.1 Å². The average molecular weight is 295 g/mol. The lowest BCUT2D eigenvalue weighted by Crippen LogP contribution is -2.28. The van der Waals surface area contributed by atoms with E-state index in [1.54, 1.807) is 0 Å². The third-order valence-electron chi connectivity index (χ3n) is 5.01. The van der Waals surface area contributed by atoms with E-state index in [1.165, 1.54) is 50.1 Å². The van der Waals surface area contributed by atoms with Crippen LogP contribution in [0.1, 0.15) is 24.0 Å². The summed E-state index contributed by atoms with van der Waals surface area (Å²) < 4.78 is 5.58. The van der Waals surface area contributed by atoms with Gasteiger partial charge in [-0.05, 0) is 48.5 Å². The fraction of sp³-hybridized carbons (Fsp3) is 0.625. The lowest BCUT2D eigenvalue weighted by atomic mass is 9.86. The minimum atomic E-state index is 0. The average Bonchev–Trinajstić information content (AvgIpc) is 3.12. The van der Waals surface area contributed by atoms with Crippen molar-refractivity contribution in [1.29, 1.82) is 0 Å². The van der Waals surface area contributed by atoms with Crippen molar-refractivity contribution >= 4 is 12.4 Å². The number of hydrogen-bond donors (Lipinski definition) is 1. The van der Waals surface area contributed by atoms with Gasteiger partial charge < -0.3 is 10.1 Å². The first-order chi connectivity index (χ1) is 9.33. The molecule has 1 unspecified atom stereocenters. The summed E-state index contributed by atoms with van der Waals surface area (Å²) in [6.07, 6.45) is 3.81. The summed E-state index contributed by atoms with van der Waals surface area (Å²) in [5, 5.41) is 3.53. The monoisotopic (exact) mass is 294 g/mol. The second-order valence-electron chi connectivity index (χ2n) is 6.43. The van der Waals surface area contributed by atoms with Crippen LogP contribution in [0.2, 0.25) is 0 Å². The number of rotatable bonds is 2. The van der Waals surface area contributed by atoms with Gasteiger partial charge in [-0.3, -0.25) is 4.90 Å². The summed E-state index contributed by atoms with van der Waals surface area (Å²) in [6.45, 7) is 6.93. The topological polar surface area (TPSA) is 24.5 Å². The molecule has 4 rings (SSSR count). The minimum Gasteiger partial charge on any atom is -0.493 e. The number of nitrogens with one attached hydrogen (secondary N) is 1. The quantitative estimate of drug-likeness (QED) is 0.905. The van der Waals surface area contributed by atoms with Crippen molar-refractivity contribution in [2.24, 2.45) is 5.41 Å². The highest BCUT2D eigenvalue weighted by atomic mass is 35.5. The van der Waals surface area contributed by atoms with Gasteiger partial charge in [0.15, 0.2) is 0 Å². The molecule has 0 aliphatic carbocycles. The summed E-state index contributed by atoms with van der Waals surface area (Å²) in [7, 11) is 0. The zero-order chi connectivity index (χ0) is 12.7. The largest absolute Gasteiger partial charge is 0.493 e. The van der Waals surface area contributed by atoms with Gasteiger partial charge in [-0.15, -0.1) is 12.4 Å². The van der Waals surface area contributed by atoms with Crippen LogP contribution in [0.25, 0.3) is 0 Å². The van der Waals surface area contributed by atoms with Crippen molar-refractivity contribution < 1.29 is 4.74 Å². The van der Waals surface area contributed by atoms with Crippen molar-refractivity contribution in [1.82, 2.24) is 10.2 Å². The molecule has 1 aromatic carbocycles. The molecule has 2 saturated heterocycles. The van der Waals surface area contributed by atoms with Crippen LogP contribution in [0.5, 0.6) is 5.75 Å². The standard InChI is InChI=1S/C16H22N2O.ClH/c1-2-15-14(3-8-19-15)9-13(1)10-18-7-5-16(12-18)4-6-17-11-16;/h1-2,9,17H,3-8,10-12H2;1H. The van der Waals surface area contributed by atoms with Crippen LogP contribution in [0.3, 0.4) is 0 Å². The second-order valence-corrected chi connectivity index (χ2v) is 6.43. The zero-order valence-corrected chi connectivity index (χ0v) is 12.7. The number of ether oxygens (including phenoxy) is 1. The van der Waals surface area contributed by atoms with Crippen molar-refractivity contribution in [3.8, 4) is 5.75 Å². The predicted octanol–water partition coefficient (Wildman–Crippen LogP) is 2.23. The highest BCUT2D eigenvalue weighted by molar-refractivity contribution is 5.85. The lowest BCUT2D eigenvalue weighted by molar-refractivity contribution is 0.268. The van der Waals surface area contributed by atoms with Crippen LogP contribution in [-0.4, -0.2) is 37.7 Å². The summed E-state index contributed by atoms with van der Waals surface area (Å²) in [4.78, 5) is 2.63. The maximum atomic E-state index is 5.58. The van der Waals surface area contributed by atoms with E-state index in [2.05, 4.69) is 28.4 Å². The Labute approximate surface area is 127 Å². The summed E-state index contributed by atoms with van der Waals surface area (Å²) in [6, 6.07) is 6.74. The Balaban J connectivity index is 0.00000121. The van der Waals surface area contributed by atoms with E-state index in [9.17, 15) is 0 Å². The summed E-state index contributed by atoms with van der Waals surface area (Å²) >= 11 is 0. The summed E-state index contributed by atoms with van der Waals surface area (Å²) in [5.41, 5.74) is 3.43. The smallest absolute Gasteiger partial charge is 0.122 e. The molecule has 3 heterocycles. The zero-order valence-electron chi connectivity index (χ0n) is 11.9. The number of benzene rings is 1. The Kier molecular flexibility index (Phi) is 3.93. The molecule has 1 aromatic rings. The Morgan fingerprint density at radius 2 is 2.25 bits per heavy atom. The van der Waals surface area contributed by atoms with E-state index < -0.39 is 0 Å². The SMILES string of the molecule is Cl.c1cc2c(cc1CN1CCC3(CCNC3)C1)CCO2. The maximum absolute atomic E-state index is 5.58. The van der Waals surface area contributed by atoms with E-state index in [0.29, 0.717) is 5.41 Å². The Bertz CT molecular complexity index is 485. The van der Waals surface area contributed by atoms with E-state index in [1.807, 2.05) is 0 Å². The fourth-order valence-corrected chi connectivity index (χ4v) is 3.90. The Morgan fingerprint density at radius 3 is 3.10 bits per heavy atom. The molecular weight excluding hydrogens is 272 g/mol. The van der Waals surface area contributed by atoms with Crippen molar-refractivity contribution in [2.75, 3.05) is 32.8 Å². The van der Waals surface area contributed by atoms with Crippen molar-refractivity contribution in [3.63, 3.8) is 0 Å². The second kappa shape index (κ2) is 5.55. The Hall–Kier alpha value is -0.770. The van der Waals surface area contributed by atoms with Crippen LogP contribution >= 0.6 is 12.4 Å². The van der Waals surface area contributed by atoms with Gasteiger partial charge in [0.1, 0.15) is 5.75 Å². The fourth-order valence-electron chi connectivity index (χ4n) is 3.90. The molecule has 1 atom stereocenters. The molecule has 3 aliphatic heterocycles. The van der Waals surface area contributed by atoms with Gasteiger partial charge >= 0.3 is 0 Å². The number of nitrogens with zero attached hydrogens (tertiary/aromatic N) is 1. The van der Waals surface area contributed by atoms with Crippen LogP contribution in [0.4, 0.5) is 0 Å². The van der Waals surface area contributed by atoms with Crippen molar-refractivity contribution in [3.05, 3.63) is 29.3 Å². The molecule has 2 fully saturated rings. The molecule has 1 N–H and O–H groups in total. The molecule has 20 heavy (non-hydrogen) atoms. The van der Waals surface area contributed by atoms with E-state index in [4.69, 9.17) is 4.74 Å². The molecule has 4 heteroatoms. The van der Waals surface area contributed by atoms with E-state index >= 15 is 0 Å². The van der Waals surface area contributed by atoms with Crippen LogP contribution in [-0.2, 0) is 13.0 Å². The van der Waals surface area contributed by atoms with Crippen LogP contribution in [0.15, 0.2) is 18.2 Å². The molecule has 0 saturated carbocycles. The first kappa shape index (κ1) is 14.2. The van der Waals surface area contributed by atoms with E-state index in [0.717, 1.165) is 25.3 Å². The molecule has 3 aliphatic rings. The third-order valence-corrected chi connectivity index (χ3v) is 5.01. The van der Waals surface area contributed by atoms with Gasteiger partial charge in [-0.25, -0.2) is 0 Å². The lowest BCUT2D eigenvalue weighted by Gasteiger charge is -2.23. The normalized spacial score (nSPS) is 28.4. The van der Waals surface area contributed by atoms with Gasteiger partial charge in [0.05, 0.1) is 6.61 Å². The number of hydrogen-bond acceptors (Lipinski definition) is 3. The van der Waals surface area contributed by atoms with Crippen LogP contribution < -0.4 is 10.1 Å². The molecule has 3 nitrogen and oxygen atoms in total. The predicted molar refractivity (Wildman–Crippen MR) is 82.7 cm³/mol. The molecule has 1 spiro atoms. The molecule has 0 radical (unpaired) electrons. The molecule has 0 amide bonds. The van der Waals surface area contributed by atoms with Gasteiger partial charge in [0, 0.05) is 26.1 Å². The molecule has 0 bridgehead atoms. The van der Waals surface area contributed by atoms with E-state index in [-0.39, 0.29) is 12.4 Å². The summed E-state index contributed by atoms with van der Waals surface area (Å²) in [5.74, 6) is 1.10. The maximum Gasteiger partial charge on any atom is 0.122 e. The minimum absolute atomic E-state index is 0. The first-order valence-electron chi connectivity index (χ1n) is 7.51. The number of likely N-dealkylation sites (tertiary alicyclic amines) is 1. The highest BCUT2D eigenvalue weighted by Gasteiger charge is 2.40.